The van der Waals surface area contributed by atoms with E-state index in [0.29, 0.717) is 11.7 Å². The Morgan fingerprint density at radius 1 is 1.25 bits per heavy atom. The second-order valence-electron chi connectivity index (χ2n) is 6.64. The van der Waals surface area contributed by atoms with Gasteiger partial charge in [-0.2, -0.15) is 0 Å². The normalized spacial score (nSPS) is 14.8. The van der Waals surface area contributed by atoms with E-state index in [1.807, 2.05) is 24.3 Å². The largest absolute Gasteiger partial charge is 0.489 e. The highest BCUT2D eigenvalue weighted by Gasteiger charge is 2.12. The van der Waals surface area contributed by atoms with Gasteiger partial charge in [-0.3, -0.25) is 0 Å². The Kier molecular flexibility index (Phi) is 7.28. The highest BCUT2D eigenvalue weighted by Crippen LogP contribution is 2.21. The molecule has 0 radical (unpaired) electrons. The molecule has 1 atom stereocenters. The van der Waals surface area contributed by atoms with E-state index in [1.54, 1.807) is 6.08 Å². The van der Waals surface area contributed by atoms with Crippen LogP contribution in [-0.4, -0.2) is 38.0 Å². The van der Waals surface area contributed by atoms with Crippen molar-refractivity contribution in [3.05, 3.63) is 66.7 Å². The SMILES string of the molecule is C=CCOc1cccc(NC(=S)N[C@@H](C)c2ccc(N3CCOCC3)cc2)c1. The zero-order chi connectivity index (χ0) is 19.8. The first-order valence-electron chi connectivity index (χ1n) is 9.49. The molecule has 1 saturated heterocycles. The number of rotatable bonds is 7. The van der Waals surface area contributed by atoms with E-state index in [4.69, 9.17) is 21.7 Å². The molecule has 0 unspecified atom stereocenters. The van der Waals surface area contributed by atoms with E-state index >= 15 is 0 Å². The van der Waals surface area contributed by atoms with Crippen molar-refractivity contribution >= 4 is 28.7 Å². The molecule has 5 nitrogen and oxygen atoms in total. The van der Waals surface area contributed by atoms with Crippen molar-refractivity contribution in [3.63, 3.8) is 0 Å². The first-order chi connectivity index (χ1) is 13.7. The van der Waals surface area contributed by atoms with Crippen LogP contribution in [0.2, 0.25) is 0 Å². The molecule has 1 fully saturated rings. The average molecular weight is 398 g/mol. The van der Waals surface area contributed by atoms with Gasteiger partial charge in [0.1, 0.15) is 12.4 Å². The van der Waals surface area contributed by atoms with Crippen LogP contribution in [0, 0.1) is 0 Å². The van der Waals surface area contributed by atoms with Crippen molar-refractivity contribution in [3.8, 4) is 5.75 Å². The van der Waals surface area contributed by atoms with E-state index in [9.17, 15) is 0 Å². The van der Waals surface area contributed by atoms with Crippen LogP contribution in [0.3, 0.4) is 0 Å². The lowest BCUT2D eigenvalue weighted by molar-refractivity contribution is 0.122. The topological polar surface area (TPSA) is 45.8 Å². The lowest BCUT2D eigenvalue weighted by Gasteiger charge is -2.29. The number of nitrogens with one attached hydrogen (secondary N) is 2. The van der Waals surface area contributed by atoms with Crippen LogP contribution in [0.4, 0.5) is 11.4 Å². The smallest absolute Gasteiger partial charge is 0.171 e. The summed E-state index contributed by atoms with van der Waals surface area (Å²) in [5.41, 5.74) is 3.30. The Bertz CT molecular complexity index is 789. The van der Waals surface area contributed by atoms with Crippen LogP contribution in [0.25, 0.3) is 0 Å². The molecule has 3 rings (SSSR count). The Morgan fingerprint density at radius 2 is 2.00 bits per heavy atom. The summed E-state index contributed by atoms with van der Waals surface area (Å²) >= 11 is 5.47. The number of morpholine rings is 1. The van der Waals surface area contributed by atoms with Gasteiger partial charge in [0.25, 0.3) is 0 Å². The molecule has 0 amide bonds. The Labute approximate surface area is 172 Å². The van der Waals surface area contributed by atoms with E-state index in [-0.39, 0.29) is 6.04 Å². The third-order valence-corrected chi connectivity index (χ3v) is 4.80. The fraction of sp³-hybridized carbons (Fsp3) is 0.318. The minimum Gasteiger partial charge on any atom is -0.489 e. The molecule has 0 saturated carbocycles. The number of thiocarbonyl (C=S) groups is 1. The molecule has 0 aromatic heterocycles. The lowest BCUT2D eigenvalue weighted by atomic mass is 10.1. The molecule has 28 heavy (non-hydrogen) atoms. The number of hydrogen-bond acceptors (Lipinski definition) is 4. The van der Waals surface area contributed by atoms with Gasteiger partial charge in [0.2, 0.25) is 0 Å². The maximum atomic E-state index is 5.56. The Morgan fingerprint density at radius 3 is 2.71 bits per heavy atom. The van der Waals surface area contributed by atoms with E-state index in [2.05, 4.69) is 53.3 Å². The predicted octanol–water partition coefficient (Wildman–Crippen LogP) is 4.14. The highest BCUT2D eigenvalue weighted by atomic mass is 32.1. The number of hydrogen-bond donors (Lipinski definition) is 2. The van der Waals surface area contributed by atoms with Gasteiger partial charge < -0.3 is 25.0 Å². The Hall–Kier alpha value is -2.57. The van der Waals surface area contributed by atoms with Gasteiger partial charge in [0, 0.05) is 30.5 Å². The van der Waals surface area contributed by atoms with E-state index in [1.165, 1.54) is 11.3 Å². The summed E-state index contributed by atoms with van der Waals surface area (Å²) in [6, 6.07) is 16.4. The first-order valence-corrected chi connectivity index (χ1v) is 9.90. The standard InChI is InChI=1S/C22H27N3O2S/c1-3-13-27-21-6-4-5-19(16-21)24-22(28)23-17(2)18-7-9-20(10-8-18)25-11-14-26-15-12-25/h3-10,16-17H,1,11-15H2,2H3,(H2,23,24,28)/t17-/m0/s1. The van der Waals surface area contributed by atoms with Crippen molar-refractivity contribution in [2.45, 2.75) is 13.0 Å². The van der Waals surface area contributed by atoms with Crippen molar-refractivity contribution in [1.82, 2.24) is 5.32 Å². The second kappa shape index (κ2) is 10.1. The van der Waals surface area contributed by atoms with Gasteiger partial charge in [-0.05, 0) is 49.0 Å². The van der Waals surface area contributed by atoms with Gasteiger partial charge in [-0.1, -0.05) is 30.9 Å². The third-order valence-electron chi connectivity index (χ3n) is 4.58. The molecule has 0 aliphatic carbocycles. The zero-order valence-corrected chi connectivity index (χ0v) is 17.0. The molecular formula is C22H27N3O2S. The van der Waals surface area contributed by atoms with Crippen LogP contribution in [-0.2, 0) is 4.74 Å². The molecule has 1 heterocycles. The Balaban J connectivity index is 1.54. The summed E-state index contributed by atoms with van der Waals surface area (Å²) in [5.74, 6) is 0.777. The van der Waals surface area contributed by atoms with Gasteiger partial charge in [-0.15, -0.1) is 0 Å². The maximum Gasteiger partial charge on any atom is 0.171 e. The minimum absolute atomic E-state index is 0.0962. The zero-order valence-electron chi connectivity index (χ0n) is 16.2. The monoisotopic (exact) mass is 397 g/mol. The van der Waals surface area contributed by atoms with Gasteiger partial charge in [0.15, 0.2) is 5.11 Å². The number of benzene rings is 2. The molecule has 2 aromatic rings. The summed E-state index contributed by atoms with van der Waals surface area (Å²) in [6.07, 6.45) is 1.72. The maximum absolute atomic E-state index is 5.56. The summed E-state index contributed by atoms with van der Waals surface area (Å²) < 4.78 is 11.0. The van der Waals surface area contributed by atoms with Gasteiger partial charge >= 0.3 is 0 Å². The lowest BCUT2D eigenvalue weighted by Crippen LogP contribution is -2.36. The van der Waals surface area contributed by atoms with Crippen LogP contribution >= 0.6 is 12.2 Å². The minimum atomic E-state index is 0.0962. The molecule has 0 bridgehead atoms. The molecule has 6 heteroatoms. The fourth-order valence-corrected chi connectivity index (χ4v) is 3.36. The predicted molar refractivity (Wildman–Crippen MR) is 119 cm³/mol. The molecule has 1 aliphatic heterocycles. The highest BCUT2D eigenvalue weighted by molar-refractivity contribution is 7.80. The first kappa shape index (κ1) is 20.2. The number of nitrogens with zero attached hydrogens (tertiary/aromatic N) is 1. The number of anilines is 2. The van der Waals surface area contributed by atoms with Gasteiger partial charge in [-0.25, -0.2) is 0 Å². The molecular weight excluding hydrogens is 370 g/mol. The van der Waals surface area contributed by atoms with Crippen molar-refractivity contribution in [2.75, 3.05) is 43.1 Å². The van der Waals surface area contributed by atoms with Crippen LogP contribution in [0.15, 0.2) is 61.2 Å². The van der Waals surface area contributed by atoms with Crippen LogP contribution in [0.5, 0.6) is 5.75 Å². The van der Waals surface area contributed by atoms with E-state index < -0.39 is 0 Å². The average Bonchev–Trinajstić information content (AvgIpc) is 2.73. The van der Waals surface area contributed by atoms with Crippen LogP contribution < -0.4 is 20.3 Å². The molecule has 1 aliphatic rings. The van der Waals surface area contributed by atoms with Crippen molar-refractivity contribution in [1.29, 1.82) is 0 Å². The molecule has 148 valence electrons. The summed E-state index contributed by atoms with van der Waals surface area (Å²) in [5, 5.41) is 7.13. The molecule has 0 spiro atoms. The third kappa shape index (κ3) is 5.71. The van der Waals surface area contributed by atoms with Crippen molar-refractivity contribution in [2.24, 2.45) is 0 Å². The molecule has 2 aromatic carbocycles. The van der Waals surface area contributed by atoms with Gasteiger partial charge in [0.05, 0.1) is 19.3 Å². The number of ether oxygens (including phenoxy) is 2. The van der Waals surface area contributed by atoms with E-state index in [0.717, 1.165) is 37.7 Å². The summed E-state index contributed by atoms with van der Waals surface area (Å²) in [7, 11) is 0. The quantitative estimate of drug-likeness (QED) is 0.541. The summed E-state index contributed by atoms with van der Waals surface area (Å²) in [4.78, 5) is 2.35. The fourth-order valence-electron chi connectivity index (χ4n) is 3.06. The second-order valence-corrected chi connectivity index (χ2v) is 7.05. The van der Waals surface area contributed by atoms with Crippen molar-refractivity contribution < 1.29 is 9.47 Å². The van der Waals surface area contributed by atoms with Crippen LogP contribution in [0.1, 0.15) is 18.5 Å². The molecule has 2 N–H and O–H groups in total. The summed E-state index contributed by atoms with van der Waals surface area (Å²) in [6.45, 7) is 9.70.